The summed E-state index contributed by atoms with van der Waals surface area (Å²) >= 11 is 0. The second-order valence-electron chi connectivity index (χ2n) is 16.7. The van der Waals surface area contributed by atoms with E-state index in [0.717, 1.165) is 96.3 Å². The molecule has 0 aromatic carbocycles. The predicted molar refractivity (Wildman–Crippen MR) is 270 cm³/mol. The maximum atomic E-state index is 12.7. The second-order valence-corrected chi connectivity index (χ2v) is 16.7. The van der Waals surface area contributed by atoms with Crippen molar-refractivity contribution in [1.29, 1.82) is 0 Å². The van der Waals surface area contributed by atoms with Crippen LogP contribution in [0.2, 0.25) is 0 Å². The first kappa shape index (κ1) is 58.8. The lowest BCUT2D eigenvalue weighted by molar-refractivity contribution is -0.163. The van der Waals surface area contributed by atoms with Crippen LogP contribution in [0.5, 0.6) is 0 Å². The first-order chi connectivity index (χ1) is 30.6. The largest absolute Gasteiger partial charge is 0.462 e. The van der Waals surface area contributed by atoms with Crippen molar-refractivity contribution in [3.8, 4) is 0 Å². The van der Waals surface area contributed by atoms with Crippen molar-refractivity contribution < 1.29 is 23.8 Å². The summed E-state index contributed by atoms with van der Waals surface area (Å²) in [7, 11) is 0. The number of allylic oxidation sites excluding steroid dienone is 16. The molecule has 0 saturated heterocycles. The monoisotopic (exact) mass is 861 g/mol. The Balaban J connectivity index is 4.22. The normalized spacial score (nSPS) is 13.0. The average molecular weight is 861 g/mol. The zero-order chi connectivity index (χ0) is 44.9. The molecule has 0 rings (SSSR count). The molecule has 0 amide bonds. The first-order valence-electron chi connectivity index (χ1n) is 25.8. The smallest absolute Gasteiger partial charge is 0.306 e. The van der Waals surface area contributed by atoms with Crippen LogP contribution in [0.4, 0.5) is 0 Å². The number of carbonyl (C=O) groups excluding carboxylic acids is 2. The lowest BCUT2D eigenvalue weighted by atomic mass is 10.1. The molecule has 354 valence electrons. The Morgan fingerprint density at radius 1 is 0.371 bits per heavy atom. The molecule has 5 heteroatoms. The molecule has 0 aliphatic rings. The minimum Gasteiger partial charge on any atom is -0.462 e. The zero-order valence-corrected chi connectivity index (χ0v) is 40.6. The van der Waals surface area contributed by atoms with Crippen molar-refractivity contribution in [3.63, 3.8) is 0 Å². The fraction of sp³-hybridized carbons (Fsp3) is 0.684. The van der Waals surface area contributed by atoms with E-state index < -0.39 is 6.10 Å². The second kappa shape index (κ2) is 52.2. The zero-order valence-electron chi connectivity index (χ0n) is 40.6. The van der Waals surface area contributed by atoms with E-state index in [1.165, 1.54) is 96.3 Å². The summed E-state index contributed by atoms with van der Waals surface area (Å²) < 4.78 is 17.3. The van der Waals surface area contributed by atoms with Crippen LogP contribution < -0.4 is 0 Å². The summed E-state index contributed by atoms with van der Waals surface area (Å²) in [6.45, 7) is 7.50. The molecule has 0 aliphatic carbocycles. The molecule has 0 spiro atoms. The minimum atomic E-state index is -0.569. The van der Waals surface area contributed by atoms with Gasteiger partial charge in [0, 0.05) is 19.4 Å². The summed E-state index contributed by atoms with van der Waals surface area (Å²) in [5, 5.41) is 0. The van der Waals surface area contributed by atoms with Gasteiger partial charge < -0.3 is 14.2 Å². The van der Waals surface area contributed by atoms with Gasteiger partial charge in [0.05, 0.1) is 6.61 Å². The van der Waals surface area contributed by atoms with Crippen LogP contribution in [0.3, 0.4) is 0 Å². The SMILES string of the molecule is CC/C=C\C/C=C\C/C=C\C/C=C\C/C=C\C/C=C\CCCOCC(COC(=O)CCCCCCCCCCC/C=C\C/C=C\CCCCC)OC(=O)CCCCCCCCC. The highest BCUT2D eigenvalue weighted by atomic mass is 16.6. The number of carbonyl (C=O) groups is 2. The topological polar surface area (TPSA) is 61.8 Å². The third kappa shape index (κ3) is 49.5. The quantitative estimate of drug-likeness (QED) is 0.0347. The van der Waals surface area contributed by atoms with Crippen molar-refractivity contribution in [2.75, 3.05) is 19.8 Å². The Morgan fingerprint density at radius 2 is 0.726 bits per heavy atom. The molecule has 0 fully saturated rings. The summed E-state index contributed by atoms with van der Waals surface area (Å²) in [5.41, 5.74) is 0. The molecule has 5 nitrogen and oxygen atoms in total. The molecule has 0 saturated carbocycles. The van der Waals surface area contributed by atoms with Gasteiger partial charge in [-0.2, -0.15) is 0 Å². The van der Waals surface area contributed by atoms with Gasteiger partial charge in [0.15, 0.2) is 6.10 Å². The third-order valence-corrected chi connectivity index (χ3v) is 10.6. The number of esters is 2. The molecular weight excluding hydrogens is 765 g/mol. The molecule has 0 radical (unpaired) electrons. The third-order valence-electron chi connectivity index (χ3n) is 10.6. The van der Waals surface area contributed by atoms with E-state index in [0.29, 0.717) is 19.4 Å². The Bertz CT molecular complexity index is 1200. The standard InChI is InChI=1S/C57H96O5/c1-4-7-10-13-16-18-20-22-24-26-28-30-32-34-36-38-40-43-46-49-52-60-53-55(62-57(59)51-48-45-41-15-12-9-6-3)54-61-56(58)50-47-44-42-39-37-35-33-31-29-27-25-23-21-19-17-14-11-8-5-2/h7,10,16-19,22-25,28,30,34,36,40,43,55H,4-6,8-9,11-15,20-21,26-27,29,31-33,35,37-39,41-42,44-54H2,1-3H3/b10-7-,18-16-,19-17-,24-22-,25-23-,30-28-,36-34-,43-40-. The minimum absolute atomic E-state index is 0.0563. The predicted octanol–water partition coefficient (Wildman–Crippen LogP) is 17.5. The molecule has 0 bridgehead atoms. The van der Waals surface area contributed by atoms with Crippen molar-refractivity contribution in [3.05, 3.63) is 97.2 Å². The van der Waals surface area contributed by atoms with Gasteiger partial charge in [-0.05, 0) is 96.3 Å². The molecule has 1 atom stereocenters. The molecule has 0 aromatic heterocycles. The number of rotatable bonds is 46. The molecule has 0 aliphatic heterocycles. The van der Waals surface area contributed by atoms with Crippen LogP contribution in [0.15, 0.2) is 97.2 Å². The van der Waals surface area contributed by atoms with Gasteiger partial charge in [0.1, 0.15) is 6.61 Å². The van der Waals surface area contributed by atoms with Crippen molar-refractivity contribution in [2.24, 2.45) is 0 Å². The van der Waals surface area contributed by atoms with Crippen LogP contribution in [0.25, 0.3) is 0 Å². The van der Waals surface area contributed by atoms with Crippen LogP contribution >= 0.6 is 0 Å². The van der Waals surface area contributed by atoms with E-state index in [9.17, 15) is 9.59 Å². The number of hydrogen-bond donors (Lipinski definition) is 0. The number of ether oxygens (including phenoxy) is 3. The molecule has 0 heterocycles. The van der Waals surface area contributed by atoms with Gasteiger partial charge in [0.25, 0.3) is 0 Å². The number of unbranched alkanes of at least 4 members (excludes halogenated alkanes) is 19. The van der Waals surface area contributed by atoms with Gasteiger partial charge in [-0.3, -0.25) is 9.59 Å². The van der Waals surface area contributed by atoms with Crippen molar-refractivity contribution in [1.82, 2.24) is 0 Å². The fourth-order valence-corrected chi connectivity index (χ4v) is 6.79. The van der Waals surface area contributed by atoms with E-state index in [2.05, 4.69) is 118 Å². The van der Waals surface area contributed by atoms with Crippen molar-refractivity contribution >= 4 is 11.9 Å². The summed E-state index contributed by atoms with van der Waals surface area (Å²) in [6.07, 6.45) is 70.1. The summed E-state index contributed by atoms with van der Waals surface area (Å²) in [6, 6.07) is 0. The summed E-state index contributed by atoms with van der Waals surface area (Å²) in [5.74, 6) is -0.442. The Labute approximate surface area is 383 Å². The van der Waals surface area contributed by atoms with Crippen molar-refractivity contribution in [2.45, 2.75) is 232 Å². The van der Waals surface area contributed by atoms with Gasteiger partial charge in [0.2, 0.25) is 0 Å². The van der Waals surface area contributed by atoms with E-state index >= 15 is 0 Å². The van der Waals surface area contributed by atoms with Gasteiger partial charge in [-0.1, -0.05) is 214 Å². The summed E-state index contributed by atoms with van der Waals surface area (Å²) in [4.78, 5) is 25.2. The molecule has 0 N–H and O–H groups in total. The maximum Gasteiger partial charge on any atom is 0.306 e. The highest BCUT2D eigenvalue weighted by molar-refractivity contribution is 5.70. The van der Waals surface area contributed by atoms with Crippen LogP contribution in [0, 0.1) is 0 Å². The average Bonchev–Trinajstić information content (AvgIpc) is 3.27. The van der Waals surface area contributed by atoms with E-state index in [4.69, 9.17) is 14.2 Å². The molecule has 1 unspecified atom stereocenters. The first-order valence-corrected chi connectivity index (χ1v) is 25.8. The highest BCUT2D eigenvalue weighted by Gasteiger charge is 2.17. The Morgan fingerprint density at radius 3 is 1.19 bits per heavy atom. The van der Waals surface area contributed by atoms with E-state index in [1.54, 1.807) is 0 Å². The van der Waals surface area contributed by atoms with Crippen LogP contribution in [-0.2, 0) is 23.8 Å². The Kier molecular flexibility index (Phi) is 49.5. The lowest BCUT2D eigenvalue weighted by Gasteiger charge is -2.18. The van der Waals surface area contributed by atoms with Crippen LogP contribution in [0.1, 0.15) is 226 Å². The van der Waals surface area contributed by atoms with Gasteiger partial charge in [-0.15, -0.1) is 0 Å². The molecule has 62 heavy (non-hydrogen) atoms. The fourth-order valence-electron chi connectivity index (χ4n) is 6.79. The van der Waals surface area contributed by atoms with E-state index in [1.807, 2.05) is 0 Å². The lowest BCUT2D eigenvalue weighted by Crippen LogP contribution is -2.30. The van der Waals surface area contributed by atoms with Crippen LogP contribution in [-0.4, -0.2) is 37.9 Å². The van der Waals surface area contributed by atoms with E-state index in [-0.39, 0.29) is 25.2 Å². The van der Waals surface area contributed by atoms with Gasteiger partial charge in [-0.25, -0.2) is 0 Å². The maximum absolute atomic E-state index is 12.7. The number of hydrogen-bond acceptors (Lipinski definition) is 5. The van der Waals surface area contributed by atoms with Gasteiger partial charge >= 0.3 is 11.9 Å². The highest BCUT2D eigenvalue weighted by Crippen LogP contribution is 2.13. The molecular formula is C57H96O5. The Hall–Kier alpha value is -3.18. The molecule has 0 aromatic rings.